The number of benzene rings is 2. The van der Waals surface area contributed by atoms with Gasteiger partial charge >= 0.3 is 5.97 Å². The molecule has 0 aliphatic carbocycles. The summed E-state index contributed by atoms with van der Waals surface area (Å²) in [5.41, 5.74) is 3.50. The number of aromatic nitrogens is 1. The van der Waals surface area contributed by atoms with E-state index in [1.54, 1.807) is 11.5 Å². The van der Waals surface area contributed by atoms with Crippen molar-refractivity contribution >= 4 is 22.8 Å². The molecule has 0 unspecified atom stereocenters. The number of methoxy groups -OCH3 is 1. The van der Waals surface area contributed by atoms with Crippen LogP contribution >= 0.6 is 0 Å². The minimum atomic E-state index is -0.435. The Hall–Kier alpha value is -2.88. The number of nitrogens with zero attached hydrogens (tertiary/aromatic N) is 1. The fraction of sp³-hybridized carbons (Fsp3) is 0.238. The van der Waals surface area contributed by atoms with Crippen molar-refractivity contribution < 1.29 is 14.3 Å². The molecule has 0 spiro atoms. The third kappa shape index (κ3) is 2.84. The zero-order valence-electron chi connectivity index (χ0n) is 14.9. The third-order valence-corrected chi connectivity index (χ3v) is 4.53. The van der Waals surface area contributed by atoms with E-state index in [1.165, 1.54) is 12.7 Å². The van der Waals surface area contributed by atoms with Crippen LogP contribution in [0.15, 0.2) is 48.5 Å². The van der Waals surface area contributed by atoms with E-state index in [2.05, 4.69) is 13.8 Å². The number of para-hydroxylation sites is 1. The maximum atomic E-state index is 13.1. The number of fused-ring (bicyclic) bond motifs is 1. The highest BCUT2D eigenvalue weighted by molar-refractivity contribution is 6.11. The van der Waals surface area contributed by atoms with Crippen LogP contribution in [-0.4, -0.2) is 23.6 Å². The molecule has 2 aromatic carbocycles. The van der Waals surface area contributed by atoms with Gasteiger partial charge in [0.2, 0.25) is 0 Å². The number of esters is 1. The Morgan fingerprint density at radius 1 is 1.00 bits per heavy atom. The SMILES string of the molecule is COC(=O)c1c(C)n(C(=O)c2ccc(C(C)C)cc2)c2ccccc12. The summed E-state index contributed by atoms with van der Waals surface area (Å²) >= 11 is 0. The van der Waals surface area contributed by atoms with E-state index in [1.807, 2.05) is 48.5 Å². The summed E-state index contributed by atoms with van der Waals surface area (Å²) in [7, 11) is 1.35. The minimum absolute atomic E-state index is 0.154. The van der Waals surface area contributed by atoms with E-state index in [-0.39, 0.29) is 5.91 Å². The lowest BCUT2D eigenvalue weighted by Gasteiger charge is -2.09. The molecule has 3 rings (SSSR count). The van der Waals surface area contributed by atoms with Crippen LogP contribution in [0, 0.1) is 6.92 Å². The average Bonchev–Trinajstić information content (AvgIpc) is 2.92. The lowest BCUT2D eigenvalue weighted by Crippen LogP contribution is -2.14. The van der Waals surface area contributed by atoms with Gasteiger partial charge in [-0.05, 0) is 36.6 Å². The number of hydrogen-bond donors (Lipinski definition) is 0. The number of hydrogen-bond acceptors (Lipinski definition) is 3. The lowest BCUT2D eigenvalue weighted by molar-refractivity contribution is 0.0602. The summed E-state index contributed by atoms with van der Waals surface area (Å²) in [5.74, 6) is -0.182. The predicted octanol–water partition coefficient (Wildman–Crippen LogP) is 4.55. The standard InChI is InChI=1S/C21H21NO3/c1-13(2)15-9-11-16(12-10-15)20(23)22-14(3)19(21(24)25-4)17-7-5-6-8-18(17)22/h5-13H,1-4H3. The zero-order chi connectivity index (χ0) is 18.1. The topological polar surface area (TPSA) is 48.3 Å². The molecular weight excluding hydrogens is 314 g/mol. The van der Waals surface area contributed by atoms with E-state index in [0.29, 0.717) is 28.3 Å². The third-order valence-electron chi connectivity index (χ3n) is 4.53. The molecule has 3 aromatic rings. The molecule has 0 saturated heterocycles. The maximum Gasteiger partial charge on any atom is 0.340 e. The number of carbonyl (C=O) groups excluding carboxylic acids is 2. The van der Waals surface area contributed by atoms with E-state index in [4.69, 9.17) is 4.74 Å². The molecule has 0 aliphatic rings. The maximum absolute atomic E-state index is 13.1. The van der Waals surface area contributed by atoms with Gasteiger partial charge in [0.05, 0.1) is 18.2 Å². The molecule has 0 amide bonds. The average molecular weight is 335 g/mol. The molecule has 25 heavy (non-hydrogen) atoms. The zero-order valence-corrected chi connectivity index (χ0v) is 14.9. The molecule has 1 heterocycles. The van der Waals surface area contributed by atoms with Gasteiger partial charge in [-0.25, -0.2) is 4.79 Å². The molecule has 0 fully saturated rings. The van der Waals surface area contributed by atoms with Crippen molar-refractivity contribution in [3.05, 3.63) is 70.9 Å². The van der Waals surface area contributed by atoms with Gasteiger partial charge in [-0.1, -0.05) is 44.2 Å². The van der Waals surface area contributed by atoms with Crippen molar-refractivity contribution in [1.82, 2.24) is 4.57 Å². The number of ether oxygens (including phenoxy) is 1. The van der Waals surface area contributed by atoms with Gasteiger partial charge in [0.25, 0.3) is 5.91 Å². The number of rotatable bonds is 3. The molecule has 128 valence electrons. The van der Waals surface area contributed by atoms with Crippen LogP contribution in [0.5, 0.6) is 0 Å². The molecule has 1 aromatic heterocycles. The van der Waals surface area contributed by atoms with Crippen LogP contribution < -0.4 is 0 Å². The Bertz CT molecular complexity index is 949. The smallest absolute Gasteiger partial charge is 0.340 e. The first-order valence-electron chi connectivity index (χ1n) is 8.28. The van der Waals surface area contributed by atoms with E-state index in [9.17, 15) is 9.59 Å². The Balaban J connectivity index is 2.16. The van der Waals surface area contributed by atoms with Crippen molar-refractivity contribution in [2.75, 3.05) is 7.11 Å². The van der Waals surface area contributed by atoms with Crippen molar-refractivity contribution in [2.24, 2.45) is 0 Å². The first-order valence-corrected chi connectivity index (χ1v) is 8.28. The Morgan fingerprint density at radius 3 is 2.24 bits per heavy atom. The van der Waals surface area contributed by atoms with Gasteiger partial charge in [0.15, 0.2) is 0 Å². The second kappa shape index (κ2) is 6.55. The van der Waals surface area contributed by atoms with Crippen molar-refractivity contribution in [3.63, 3.8) is 0 Å². The van der Waals surface area contributed by atoms with E-state index >= 15 is 0 Å². The molecule has 0 radical (unpaired) electrons. The first kappa shape index (κ1) is 17.0. The monoisotopic (exact) mass is 335 g/mol. The van der Waals surface area contributed by atoms with Gasteiger partial charge in [-0.2, -0.15) is 0 Å². The van der Waals surface area contributed by atoms with Gasteiger partial charge in [0, 0.05) is 16.6 Å². The number of carbonyl (C=O) groups is 2. The van der Waals surface area contributed by atoms with Crippen LogP contribution in [0.2, 0.25) is 0 Å². The fourth-order valence-corrected chi connectivity index (χ4v) is 3.13. The molecule has 0 N–H and O–H groups in total. The molecule has 0 bridgehead atoms. The van der Waals surface area contributed by atoms with Crippen LogP contribution in [-0.2, 0) is 4.74 Å². The quantitative estimate of drug-likeness (QED) is 0.660. The van der Waals surface area contributed by atoms with Crippen LogP contribution in [0.4, 0.5) is 0 Å². The lowest BCUT2D eigenvalue weighted by atomic mass is 10.0. The molecule has 4 nitrogen and oxygen atoms in total. The summed E-state index contributed by atoms with van der Waals surface area (Å²) in [5, 5.41) is 0.721. The summed E-state index contributed by atoms with van der Waals surface area (Å²) in [6.07, 6.45) is 0. The van der Waals surface area contributed by atoms with Crippen LogP contribution in [0.25, 0.3) is 10.9 Å². The second-order valence-electron chi connectivity index (χ2n) is 6.39. The Labute approximate surface area is 147 Å². The van der Waals surface area contributed by atoms with Gasteiger partial charge in [-0.3, -0.25) is 9.36 Å². The molecule has 0 aliphatic heterocycles. The highest BCUT2D eigenvalue weighted by Crippen LogP contribution is 2.27. The van der Waals surface area contributed by atoms with Gasteiger partial charge < -0.3 is 4.74 Å². The minimum Gasteiger partial charge on any atom is -0.465 e. The van der Waals surface area contributed by atoms with E-state index < -0.39 is 5.97 Å². The second-order valence-corrected chi connectivity index (χ2v) is 6.39. The highest BCUT2D eigenvalue weighted by Gasteiger charge is 2.24. The summed E-state index contributed by atoms with van der Waals surface area (Å²) in [6.45, 7) is 6.00. The van der Waals surface area contributed by atoms with Crippen LogP contribution in [0.1, 0.15) is 51.7 Å². The fourth-order valence-electron chi connectivity index (χ4n) is 3.13. The molecule has 0 atom stereocenters. The summed E-state index contributed by atoms with van der Waals surface area (Å²) in [6, 6.07) is 15.0. The molecule has 0 saturated carbocycles. The summed E-state index contributed by atoms with van der Waals surface area (Å²) in [4.78, 5) is 25.3. The van der Waals surface area contributed by atoms with Crippen molar-refractivity contribution in [1.29, 1.82) is 0 Å². The summed E-state index contributed by atoms with van der Waals surface area (Å²) < 4.78 is 6.49. The van der Waals surface area contributed by atoms with Gasteiger partial charge in [-0.15, -0.1) is 0 Å². The Morgan fingerprint density at radius 2 is 1.64 bits per heavy atom. The first-order chi connectivity index (χ1) is 12.0. The predicted molar refractivity (Wildman–Crippen MR) is 98.3 cm³/mol. The normalized spacial score (nSPS) is 11.1. The largest absolute Gasteiger partial charge is 0.465 e. The molecule has 4 heteroatoms. The Kier molecular flexibility index (Phi) is 4.45. The molecular formula is C21H21NO3. The van der Waals surface area contributed by atoms with Crippen LogP contribution in [0.3, 0.4) is 0 Å². The van der Waals surface area contributed by atoms with Crippen molar-refractivity contribution in [2.45, 2.75) is 26.7 Å². The van der Waals surface area contributed by atoms with Gasteiger partial charge in [0.1, 0.15) is 0 Å². The van der Waals surface area contributed by atoms with Crippen molar-refractivity contribution in [3.8, 4) is 0 Å². The van der Waals surface area contributed by atoms with E-state index in [0.717, 1.165) is 5.39 Å². The highest BCUT2D eigenvalue weighted by atomic mass is 16.5.